The van der Waals surface area contributed by atoms with Crippen LogP contribution in [0.2, 0.25) is 0 Å². The van der Waals surface area contributed by atoms with Gasteiger partial charge in [0.2, 0.25) is 0 Å². The first-order valence-electron chi connectivity index (χ1n) is 5.21. The molecule has 0 aromatic carbocycles. The van der Waals surface area contributed by atoms with E-state index in [-0.39, 0.29) is 0 Å². The summed E-state index contributed by atoms with van der Waals surface area (Å²) in [5.74, 6) is 2.13. The fourth-order valence-electron chi connectivity index (χ4n) is 1.79. The van der Waals surface area contributed by atoms with Crippen molar-refractivity contribution in [2.24, 2.45) is 11.7 Å². The second kappa shape index (κ2) is 4.03. The lowest BCUT2D eigenvalue weighted by Gasteiger charge is -2.34. The van der Waals surface area contributed by atoms with E-state index in [1.165, 1.54) is 18.6 Å². The Labute approximate surface area is 89.6 Å². The van der Waals surface area contributed by atoms with E-state index in [1.807, 2.05) is 0 Å². The van der Waals surface area contributed by atoms with Gasteiger partial charge in [-0.15, -0.1) is 0 Å². The summed E-state index contributed by atoms with van der Waals surface area (Å²) in [5.41, 5.74) is 6.23. The number of rotatable bonds is 2. The van der Waals surface area contributed by atoms with Crippen LogP contribution >= 0.6 is 23.5 Å². The number of hydrogen-bond donors (Lipinski definition) is 1. The molecule has 2 fully saturated rings. The number of hydrogen-bond acceptors (Lipinski definition) is 3. The van der Waals surface area contributed by atoms with Gasteiger partial charge in [0, 0.05) is 27.5 Å². The Morgan fingerprint density at radius 2 is 1.92 bits per heavy atom. The zero-order valence-corrected chi connectivity index (χ0v) is 10.0. The van der Waals surface area contributed by atoms with Crippen molar-refractivity contribution in [2.45, 2.75) is 48.5 Å². The molecular formula is C10H19NS2. The smallest absolute Gasteiger partial charge is 0.0295 e. The third-order valence-electron chi connectivity index (χ3n) is 3.17. The highest BCUT2D eigenvalue weighted by Crippen LogP contribution is 2.42. The topological polar surface area (TPSA) is 26.0 Å². The maximum Gasteiger partial charge on any atom is 0.0295 e. The lowest BCUT2D eigenvalue weighted by atomic mass is 10.1. The van der Waals surface area contributed by atoms with Crippen molar-refractivity contribution in [1.82, 2.24) is 0 Å². The first kappa shape index (κ1) is 10.2. The average molecular weight is 217 g/mol. The van der Waals surface area contributed by atoms with Gasteiger partial charge >= 0.3 is 0 Å². The maximum absolute atomic E-state index is 6.23. The van der Waals surface area contributed by atoms with Crippen LogP contribution in [0, 0.1) is 5.92 Å². The van der Waals surface area contributed by atoms with E-state index < -0.39 is 0 Å². The third kappa shape index (κ3) is 2.37. The Morgan fingerprint density at radius 3 is 2.46 bits per heavy atom. The molecule has 0 spiro atoms. The molecule has 4 unspecified atom stereocenters. The summed E-state index contributed by atoms with van der Waals surface area (Å²) in [6.07, 6.45) is 2.76. The molecule has 1 saturated carbocycles. The van der Waals surface area contributed by atoms with Gasteiger partial charge in [0.1, 0.15) is 0 Å². The molecule has 0 aromatic heterocycles. The molecule has 1 saturated heterocycles. The van der Waals surface area contributed by atoms with E-state index in [0.717, 1.165) is 21.7 Å². The minimum atomic E-state index is 0.479. The molecule has 0 radical (unpaired) electrons. The van der Waals surface area contributed by atoms with Gasteiger partial charge in [0.05, 0.1) is 0 Å². The van der Waals surface area contributed by atoms with Crippen molar-refractivity contribution >= 4 is 23.5 Å². The summed E-state index contributed by atoms with van der Waals surface area (Å²) in [4.78, 5) is 0. The van der Waals surface area contributed by atoms with E-state index >= 15 is 0 Å². The molecule has 13 heavy (non-hydrogen) atoms. The van der Waals surface area contributed by atoms with Crippen LogP contribution in [0.5, 0.6) is 0 Å². The van der Waals surface area contributed by atoms with Gasteiger partial charge in [-0.1, -0.05) is 13.8 Å². The van der Waals surface area contributed by atoms with Crippen LogP contribution in [-0.2, 0) is 0 Å². The Morgan fingerprint density at radius 1 is 1.23 bits per heavy atom. The van der Waals surface area contributed by atoms with Crippen LogP contribution in [0.25, 0.3) is 0 Å². The Balaban J connectivity index is 1.86. The van der Waals surface area contributed by atoms with Crippen molar-refractivity contribution in [3.05, 3.63) is 0 Å². The van der Waals surface area contributed by atoms with Crippen molar-refractivity contribution in [3.8, 4) is 0 Å². The fraction of sp³-hybridized carbons (Fsp3) is 1.00. The first-order chi connectivity index (χ1) is 6.18. The SMILES string of the molecule is CC1SCC(C(N)C2CC2)SC1C. The summed E-state index contributed by atoms with van der Waals surface area (Å²) < 4.78 is 0. The number of nitrogens with two attached hydrogens (primary N) is 1. The maximum atomic E-state index is 6.23. The molecule has 2 aliphatic rings. The summed E-state index contributed by atoms with van der Waals surface area (Å²) in [6, 6.07) is 0.479. The lowest BCUT2D eigenvalue weighted by Crippen LogP contribution is -2.41. The molecule has 0 aromatic rings. The molecule has 0 bridgehead atoms. The van der Waals surface area contributed by atoms with E-state index in [4.69, 9.17) is 5.73 Å². The minimum Gasteiger partial charge on any atom is -0.326 e. The monoisotopic (exact) mass is 217 g/mol. The lowest BCUT2D eigenvalue weighted by molar-refractivity contribution is 0.588. The van der Waals surface area contributed by atoms with E-state index in [0.29, 0.717) is 6.04 Å². The Hall–Kier alpha value is 0.660. The molecular weight excluding hydrogens is 198 g/mol. The Bertz CT molecular complexity index is 182. The predicted molar refractivity (Wildman–Crippen MR) is 63.5 cm³/mol. The Kier molecular flexibility index (Phi) is 3.16. The molecule has 2 N–H and O–H groups in total. The van der Waals surface area contributed by atoms with Crippen molar-refractivity contribution in [1.29, 1.82) is 0 Å². The van der Waals surface area contributed by atoms with E-state index in [9.17, 15) is 0 Å². The second-order valence-electron chi connectivity index (χ2n) is 4.33. The van der Waals surface area contributed by atoms with Gasteiger partial charge in [-0.25, -0.2) is 0 Å². The van der Waals surface area contributed by atoms with Gasteiger partial charge < -0.3 is 5.73 Å². The number of thioether (sulfide) groups is 2. The highest BCUT2D eigenvalue weighted by molar-refractivity contribution is 8.07. The van der Waals surface area contributed by atoms with Crippen LogP contribution in [0.4, 0.5) is 0 Å². The van der Waals surface area contributed by atoms with Gasteiger partial charge in [-0.05, 0) is 18.8 Å². The highest BCUT2D eigenvalue weighted by atomic mass is 32.2. The molecule has 4 atom stereocenters. The van der Waals surface area contributed by atoms with Crippen LogP contribution < -0.4 is 5.73 Å². The molecule has 1 nitrogen and oxygen atoms in total. The highest BCUT2D eigenvalue weighted by Gasteiger charge is 2.37. The summed E-state index contributed by atoms with van der Waals surface area (Å²) >= 11 is 4.23. The zero-order valence-electron chi connectivity index (χ0n) is 8.40. The van der Waals surface area contributed by atoms with Gasteiger partial charge in [-0.2, -0.15) is 23.5 Å². The largest absolute Gasteiger partial charge is 0.326 e. The molecule has 2 rings (SSSR count). The minimum absolute atomic E-state index is 0.479. The quantitative estimate of drug-likeness (QED) is 0.769. The van der Waals surface area contributed by atoms with Gasteiger partial charge in [0.25, 0.3) is 0 Å². The summed E-state index contributed by atoms with van der Waals surface area (Å²) in [5, 5.41) is 2.32. The normalized spacial score (nSPS) is 43.2. The predicted octanol–water partition coefficient (Wildman–Crippen LogP) is 2.35. The molecule has 0 amide bonds. The fourth-order valence-corrected chi connectivity index (χ4v) is 4.94. The second-order valence-corrected chi connectivity index (χ2v) is 7.36. The van der Waals surface area contributed by atoms with Crippen molar-refractivity contribution in [2.75, 3.05) is 5.75 Å². The van der Waals surface area contributed by atoms with Crippen LogP contribution in [0.3, 0.4) is 0 Å². The molecule has 3 heteroatoms. The van der Waals surface area contributed by atoms with Crippen LogP contribution in [-0.4, -0.2) is 27.5 Å². The molecule has 1 heterocycles. The van der Waals surface area contributed by atoms with Crippen molar-refractivity contribution < 1.29 is 0 Å². The molecule has 76 valence electrons. The first-order valence-corrected chi connectivity index (χ1v) is 7.20. The third-order valence-corrected chi connectivity index (χ3v) is 6.71. The van der Waals surface area contributed by atoms with E-state index in [1.54, 1.807) is 0 Å². The van der Waals surface area contributed by atoms with Crippen LogP contribution in [0.1, 0.15) is 26.7 Å². The van der Waals surface area contributed by atoms with Crippen molar-refractivity contribution in [3.63, 3.8) is 0 Å². The van der Waals surface area contributed by atoms with Gasteiger partial charge in [-0.3, -0.25) is 0 Å². The summed E-state index contributed by atoms with van der Waals surface area (Å²) in [7, 11) is 0. The van der Waals surface area contributed by atoms with E-state index in [2.05, 4.69) is 37.4 Å². The molecule has 1 aliphatic carbocycles. The van der Waals surface area contributed by atoms with Gasteiger partial charge in [0.15, 0.2) is 0 Å². The van der Waals surface area contributed by atoms with Crippen LogP contribution in [0.15, 0.2) is 0 Å². The average Bonchev–Trinajstić information content (AvgIpc) is 2.91. The zero-order chi connectivity index (χ0) is 9.42. The molecule has 1 aliphatic heterocycles. The summed E-state index contributed by atoms with van der Waals surface area (Å²) in [6.45, 7) is 4.68. The standard InChI is InChI=1S/C10H19NS2/c1-6-7(2)13-9(5-12-6)10(11)8-3-4-8/h6-10H,3-5,11H2,1-2H3.